The van der Waals surface area contributed by atoms with E-state index in [2.05, 4.69) is 0 Å². The fraction of sp³-hybridized carbons (Fsp3) is 0.636. The van der Waals surface area contributed by atoms with Gasteiger partial charge in [-0.25, -0.2) is 0 Å². The molecule has 162 valence electrons. The highest BCUT2D eigenvalue weighted by atomic mass is 16.5. The number of hydrogen-bond acceptors (Lipinski definition) is 6. The van der Waals surface area contributed by atoms with E-state index in [1.54, 1.807) is 0 Å². The van der Waals surface area contributed by atoms with Crippen LogP contribution in [0, 0.1) is 23.7 Å². The van der Waals surface area contributed by atoms with Crippen LogP contribution in [0.15, 0.2) is 24.3 Å². The summed E-state index contributed by atoms with van der Waals surface area (Å²) in [4.78, 5) is 52.1. The van der Waals surface area contributed by atoms with E-state index < -0.39 is 0 Å². The minimum Gasteiger partial charge on any atom is -0.377 e. The van der Waals surface area contributed by atoms with E-state index in [0.29, 0.717) is 38.9 Å². The molecule has 2 aliphatic heterocycles. The highest BCUT2D eigenvalue weighted by molar-refractivity contribution is 6.06. The number of amides is 4. The summed E-state index contributed by atoms with van der Waals surface area (Å²) >= 11 is 0. The van der Waals surface area contributed by atoms with Crippen molar-refractivity contribution < 1.29 is 28.7 Å². The molecule has 0 aromatic carbocycles. The zero-order chi connectivity index (χ0) is 21.1. The molecule has 4 rings (SSSR count). The van der Waals surface area contributed by atoms with Gasteiger partial charge in [-0.3, -0.25) is 29.0 Å². The molecule has 4 amide bonds. The van der Waals surface area contributed by atoms with Crippen molar-refractivity contribution in [1.29, 1.82) is 0 Å². The Morgan fingerprint density at radius 2 is 0.867 bits per heavy atom. The molecule has 0 aromatic rings. The SMILES string of the molecule is O=C1C2CC=CCC2C(=O)N1CCOCCOCCN1C(=O)C2CC=CCC2C1=O. The molecular formula is C22H28N2O6. The largest absolute Gasteiger partial charge is 0.377 e. The predicted octanol–water partition coefficient (Wildman–Crippen LogP) is 0.922. The van der Waals surface area contributed by atoms with Crippen molar-refractivity contribution in [1.82, 2.24) is 9.80 Å². The first-order chi connectivity index (χ1) is 14.6. The third kappa shape index (κ3) is 3.98. The molecule has 30 heavy (non-hydrogen) atoms. The molecule has 0 N–H and O–H groups in total. The number of likely N-dealkylation sites (tertiary alicyclic amines) is 2. The molecule has 0 radical (unpaired) electrons. The van der Waals surface area contributed by atoms with Gasteiger partial charge in [0.1, 0.15) is 0 Å². The van der Waals surface area contributed by atoms with Crippen molar-refractivity contribution in [3.8, 4) is 0 Å². The second-order valence-corrected chi connectivity index (χ2v) is 8.19. The monoisotopic (exact) mass is 416 g/mol. The standard InChI is InChI=1S/C22H28N2O6/c25-19-15-5-1-2-6-16(15)20(26)23(19)9-11-29-13-14-30-12-10-24-21(27)17-7-3-4-8-18(17)22(24)28/h1-4,15-18H,5-14H2. The average Bonchev–Trinajstić information content (AvgIpc) is 3.16. The number of nitrogens with zero attached hydrogens (tertiary/aromatic N) is 2. The number of carbonyl (C=O) groups is 4. The van der Waals surface area contributed by atoms with E-state index in [-0.39, 0.29) is 73.6 Å². The van der Waals surface area contributed by atoms with Crippen LogP contribution in [0.1, 0.15) is 25.7 Å². The lowest BCUT2D eigenvalue weighted by molar-refractivity contribution is -0.142. The number of rotatable bonds is 9. The number of allylic oxidation sites excluding steroid dienone is 4. The number of ether oxygens (including phenoxy) is 2. The van der Waals surface area contributed by atoms with Crippen molar-refractivity contribution in [2.45, 2.75) is 25.7 Å². The van der Waals surface area contributed by atoms with Gasteiger partial charge in [-0.15, -0.1) is 0 Å². The van der Waals surface area contributed by atoms with Crippen LogP contribution in [-0.2, 0) is 28.7 Å². The fourth-order valence-corrected chi connectivity index (χ4v) is 4.81. The van der Waals surface area contributed by atoms with Crippen molar-refractivity contribution in [3.63, 3.8) is 0 Å². The molecule has 0 aromatic heterocycles. The Morgan fingerprint density at radius 3 is 1.17 bits per heavy atom. The zero-order valence-electron chi connectivity index (χ0n) is 17.0. The van der Waals surface area contributed by atoms with Crippen LogP contribution in [-0.4, -0.2) is 72.9 Å². The zero-order valence-corrected chi connectivity index (χ0v) is 17.0. The van der Waals surface area contributed by atoms with E-state index in [1.165, 1.54) is 9.80 Å². The van der Waals surface area contributed by atoms with Gasteiger partial charge in [-0.2, -0.15) is 0 Å². The Bertz CT molecular complexity index is 660. The van der Waals surface area contributed by atoms with Gasteiger partial charge in [0.15, 0.2) is 0 Å². The molecule has 2 aliphatic carbocycles. The van der Waals surface area contributed by atoms with Gasteiger partial charge in [-0.05, 0) is 25.7 Å². The second kappa shape index (κ2) is 9.22. The lowest BCUT2D eigenvalue weighted by Crippen LogP contribution is -2.35. The van der Waals surface area contributed by atoms with Gasteiger partial charge in [0, 0.05) is 0 Å². The maximum absolute atomic E-state index is 12.4. The minimum absolute atomic E-state index is 0.0927. The molecule has 4 unspecified atom stereocenters. The van der Waals surface area contributed by atoms with Crippen LogP contribution < -0.4 is 0 Å². The Hall–Kier alpha value is -2.32. The van der Waals surface area contributed by atoms with Gasteiger partial charge >= 0.3 is 0 Å². The molecule has 0 saturated carbocycles. The molecule has 0 spiro atoms. The van der Waals surface area contributed by atoms with Crippen molar-refractivity contribution in [3.05, 3.63) is 24.3 Å². The summed E-state index contributed by atoms with van der Waals surface area (Å²) in [6.45, 7) is 1.71. The fourth-order valence-electron chi connectivity index (χ4n) is 4.81. The summed E-state index contributed by atoms with van der Waals surface area (Å²) in [5.41, 5.74) is 0. The number of hydrogen-bond donors (Lipinski definition) is 0. The van der Waals surface area contributed by atoms with Crippen LogP contribution in [0.3, 0.4) is 0 Å². The first-order valence-electron chi connectivity index (χ1n) is 10.8. The molecule has 0 bridgehead atoms. The molecule has 2 fully saturated rings. The van der Waals surface area contributed by atoms with Gasteiger partial charge in [0.25, 0.3) is 0 Å². The lowest BCUT2D eigenvalue weighted by atomic mass is 9.85. The van der Waals surface area contributed by atoms with E-state index in [0.717, 1.165) is 0 Å². The summed E-state index contributed by atoms with van der Waals surface area (Å²) in [5.74, 6) is -1.20. The molecular weight excluding hydrogens is 388 g/mol. The summed E-state index contributed by atoms with van der Waals surface area (Å²) in [5, 5.41) is 0. The van der Waals surface area contributed by atoms with E-state index in [4.69, 9.17) is 9.47 Å². The Labute approximate surface area is 175 Å². The number of fused-ring (bicyclic) bond motifs is 2. The topological polar surface area (TPSA) is 93.2 Å². The third-order valence-corrected chi connectivity index (χ3v) is 6.49. The summed E-state index contributed by atoms with van der Waals surface area (Å²) in [6, 6.07) is 0. The smallest absolute Gasteiger partial charge is 0.233 e. The second-order valence-electron chi connectivity index (χ2n) is 8.19. The highest BCUT2D eigenvalue weighted by Gasteiger charge is 2.47. The van der Waals surface area contributed by atoms with Crippen molar-refractivity contribution in [2.24, 2.45) is 23.7 Å². The van der Waals surface area contributed by atoms with Crippen molar-refractivity contribution >= 4 is 23.6 Å². The number of imide groups is 2. The van der Waals surface area contributed by atoms with Crippen LogP contribution in [0.4, 0.5) is 0 Å². The maximum Gasteiger partial charge on any atom is 0.233 e. The van der Waals surface area contributed by atoms with E-state index >= 15 is 0 Å². The molecule has 2 heterocycles. The quantitative estimate of drug-likeness (QED) is 0.315. The molecule has 4 atom stereocenters. The van der Waals surface area contributed by atoms with Gasteiger partial charge < -0.3 is 9.47 Å². The summed E-state index contributed by atoms with van der Waals surface area (Å²) in [6.07, 6.45) is 10.4. The third-order valence-electron chi connectivity index (χ3n) is 6.49. The maximum atomic E-state index is 12.4. The van der Waals surface area contributed by atoms with E-state index in [1.807, 2.05) is 24.3 Å². The first-order valence-corrected chi connectivity index (χ1v) is 10.8. The van der Waals surface area contributed by atoms with Gasteiger partial charge in [-0.1, -0.05) is 24.3 Å². The first kappa shape index (κ1) is 20.9. The van der Waals surface area contributed by atoms with Crippen LogP contribution >= 0.6 is 0 Å². The molecule has 8 nitrogen and oxygen atoms in total. The lowest BCUT2D eigenvalue weighted by Gasteiger charge is -2.16. The normalized spacial score (nSPS) is 30.4. The van der Waals surface area contributed by atoms with Crippen LogP contribution in [0.2, 0.25) is 0 Å². The molecule has 2 saturated heterocycles. The highest BCUT2D eigenvalue weighted by Crippen LogP contribution is 2.35. The average molecular weight is 416 g/mol. The van der Waals surface area contributed by atoms with Crippen molar-refractivity contribution in [2.75, 3.05) is 39.5 Å². The molecule has 4 aliphatic rings. The Morgan fingerprint density at radius 1 is 0.567 bits per heavy atom. The van der Waals surface area contributed by atoms with Gasteiger partial charge in [0.05, 0.1) is 63.2 Å². The van der Waals surface area contributed by atoms with E-state index in [9.17, 15) is 19.2 Å². The van der Waals surface area contributed by atoms with Gasteiger partial charge in [0.2, 0.25) is 23.6 Å². The summed E-state index contributed by atoms with van der Waals surface area (Å²) < 4.78 is 11.0. The minimum atomic E-state index is -0.207. The van der Waals surface area contributed by atoms with Crippen LogP contribution in [0.5, 0.6) is 0 Å². The predicted molar refractivity (Wildman–Crippen MR) is 106 cm³/mol. The molecule has 8 heteroatoms. The number of carbonyl (C=O) groups excluding carboxylic acids is 4. The Balaban J connectivity index is 1.09. The summed E-state index contributed by atoms with van der Waals surface area (Å²) in [7, 11) is 0. The van der Waals surface area contributed by atoms with Crippen LogP contribution in [0.25, 0.3) is 0 Å². The Kier molecular flexibility index (Phi) is 6.43.